The third-order valence-electron chi connectivity index (χ3n) is 4.46. The number of benzene rings is 2. The normalized spacial score (nSPS) is 12.7. The number of hydrogen-bond acceptors (Lipinski definition) is 5. The topological polar surface area (TPSA) is 143 Å². The summed E-state index contributed by atoms with van der Waals surface area (Å²) in [6.07, 6.45) is 4.31. The first-order valence-electron chi connectivity index (χ1n) is 9.21. The number of aliphatic imine (C=N–C) groups is 1. The number of hydrogen-bond donors (Lipinski definition) is 4. The van der Waals surface area contributed by atoms with Crippen molar-refractivity contribution < 1.29 is 14.4 Å². The molecular formula is C22H21N5O3. The summed E-state index contributed by atoms with van der Waals surface area (Å²) in [5.41, 5.74) is 12.8. The van der Waals surface area contributed by atoms with E-state index in [2.05, 4.69) is 15.3 Å². The average Bonchev–Trinajstić information content (AvgIpc) is 3.16. The number of fused-ring (bicyclic) bond motifs is 1. The lowest BCUT2D eigenvalue weighted by Crippen LogP contribution is -2.49. The van der Waals surface area contributed by atoms with Crippen molar-refractivity contribution in [2.24, 2.45) is 16.5 Å². The molecular weight excluding hydrogens is 382 g/mol. The number of para-hydroxylation sites is 2. The van der Waals surface area contributed by atoms with Crippen molar-refractivity contribution in [3.63, 3.8) is 0 Å². The summed E-state index contributed by atoms with van der Waals surface area (Å²) in [5.74, 6) is -2.68. The SMILES string of the molecule is N/C=C\C(=Nc1ccccc1)C(=O)NC(Cc1c[nH]c2ccccc12)C(=O)C(N)=O. The van der Waals surface area contributed by atoms with E-state index in [0.717, 1.165) is 16.5 Å². The van der Waals surface area contributed by atoms with Gasteiger partial charge in [-0.1, -0.05) is 36.4 Å². The fourth-order valence-electron chi connectivity index (χ4n) is 3.03. The lowest BCUT2D eigenvalue weighted by molar-refractivity contribution is -0.137. The number of aromatic nitrogens is 1. The molecule has 1 atom stereocenters. The number of carbonyl (C=O) groups excluding carboxylic acids is 3. The van der Waals surface area contributed by atoms with Gasteiger partial charge in [-0.15, -0.1) is 0 Å². The van der Waals surface area contributed by atoms with Gasteiger partial charge < -0.3 is 21.8 Å². The minimum Gasteiger partial charge on any atom is -0.405 e. The molecule has 0 radical (unpaired) electrons. The molecule has 8 heteroatoms. The number of nitrogens with one attached hydrogen (secondary N) is 2. The average molecular weight is 403 g/mol. The van der Waals surface area contributed by atoms with Crippen LogP contribution in [-0.4, -0.2) is 34.3 Å². The Morgan fingerprint density at radius 1 is 1.07 bits per heavy atom. The number of amides is 2. The zero-order chi connectivity index (χ0) is 21.5. The zero-order valence-corrected chi connectivity index (χ0v) is 16.0. The molecule has 0 aliphatic carbocycles. The largest absolute Gasteiger partial charge is 0.405 e. The Bertz CT molecular complexity index is 1130. The van der Waals surface area contributed by atoms with E-state index in [1.807, 2.05) is 30.3 Å². The Labute approximate surface area is 172 Å². The quantitative estimate of drug-likeness (QED) is 0.334. The van der Waals surface area contributed by atoms with Crippen LogP contribution in [0.3, 0.4) is 0 Å². The van der Waals surface area contributed by atoms with Gasteiger partial charge in [-0.2, -0.15) is 0 Å². The molecule has 0 aliphatic rings. The maximum atomic E-state index is 12.8. The van der Waals surface area contributed by atoms with Crippen LogP contribution in [0.4, 0.5) is 5.69 Å². The van der Waals surface area contributed by atoms with Crippen LogP contribution in [0.25, 0.3) is 10.9 Å². The zero-order valence-electron chi connectivity index (χ0n) is 16.0. The lowest BCUT2D eigenvalue weighted by atomic mass is 10.0. The summed E-state index contributed by atoms with van der Waals surface area (Å²) in [4.78, 5) is 44.1. The molecule has 2 amide bonds. The van der Waals surface area contributed by atoms with E-state index in [9.17, 15) is 14.4 Å². The first-order chi connectivity index (χ1) is 14.5. The Morgan fingerprint density at radius 3 is 2.47 bits per heavy atom. The third-order valence-corrected chi connectivity index (χ3v) is 4.46. The molecule has 0 bridgehead atoms. The molecule has 3 rings (SSSR count). The molecule has 152 valence electrons. The number of rotatable bonds is 8. The molecule has 0 saturated heterocycles. The molecule has 30 heavy (non-hydrogen) atoms. The summed E-state index contributed by atoms with van der Waals surface area (Å²) in [5, 5.41) is 3.45. The van der Waals surface area contributed by atoms with Gasteiger partial charge in [-0.25, -0.2) is 4.99 Å². The van der Waals surface area contributed by atoms with Crippen LogP contribution in [0.1, 0.15) is 5.56 Å². The lowest BCUT2D eigenvalue weighted by Gasteiger charge is -2.16. The van der Waals surface area contributed by atoms with E-state index >= 15 is 0 Å². The van der Waals surface area contributed by atoms with Gasteiger partial charge in [0.15, 0.2) is 0 Å². The highest BCUT2D eigenvalue weighted by molar-refractivity contribution is 6.45. The van der Waals surface area contributed by atoms with Gasteiger partial charge >= 0.3 is 0 Å². The van der Waals surface area contributed by atoms with E-state index in [1.165, 1.54) is 12.3 Å². The number of ketones is 1. The van der Waals surface area contributed by atoms with Gasteiger partial charge in [0.25, 0.3) is 11.8 Å². The van der Waals surface area contributed by atoms with Crippen LogP contribution in [0.15, 0.2) is 78.1 Å². The first-order valence-corrected chi connectivity index (χ1v) is 9.21. The van der Waals surface area contributed by atoms with Gasteiger partial charge in [0, 0.05) is 23.5 Å². The number of H-pyrrole nitrogens is 1. The van der Waals surface area contributed by atoms with Crippen LogP contribution in [-0.2, 0) is 20.8 Å². The first kappa shape index (κ1) is 20.5. The molecule has 2 aromatic carbocycles. The van der Waals surface area contributed by atoms with E-state index in [-0.39, 0.29) is 12.1 Å². The number of nitrogens with zero attached hydrogens (tertiary/aromatic N) is 1. The molecule has 3 aromatic rings. The summed E-state index contributed by atoms with van der Waals surface area (Å²) in [6.45, 7) is 0. The maximum Gasteiger partial charge on any atom is 0.287 e. The van der Waals surface area contributed by atoms with Crippen molar-refractivity contribution in [1.82, 2.24) is 10.3 Å². The monoisotopic (exact) mass is 403 g/mol. The molecule has 1 unspecified atom stereocenters. The summed E-state index contributed by atoms with van der Waals surface area (Å²) in [6, 6.07) is 15.2. The molecule has 6 N–H and O–H groups in total. The predicted molar refractivity (Wildman–Crippen MR) is 115 cm³/mol. The van der Waals surface area contributed by atoms with Crippen molar-refractivity contribution >= 4 is 39.9 Å². The fraction of sp³-hybridized carbons (Fsp3) is 0.0909. The van der Waals surface area contributed by atoms with Crippen LogP contribution < -0.4 is 16.8 Å². The van der Waals surface area contributed by atoms with E-state index in [0.29, 0.717) is 5.69 Å². The summed E-state index contributed by atoms with van der Waals surface area (Å²) >= 11 is 0. The Kier molecular flexibility index (Phi) is 6.39. The molecule has 0 aliphatic heterocycles. The van der Waals surface area contributed by atoms with Gasteiger partial charge in [-0.3, -0.25) is 14.4 Å². The van der Waals surface area contributed by atoms with Crippen molar-refractivity contribution in [2.45, 2.75) is 12.5 Å². The Hall–Kier alpha value is -4.20. The fourth-order valence-corrected chi connectivity index (χ4v) is 3.03. The highest BCUT2D eigenvalue weighted by Gasteiger charge is 2.27. The molecule has 1 heterocycles. The number of aromatic amines is 1. The van der Waals surface area contributed by atoms with Crippen molar-refractivity contribution in [3.05, 3.63) is 78.6 Å². The van der Waals surface area contributed by atoms with E-state index < -0.39 is 23.6 Å². The molecule has 1 aromatic heterocycles. The highest BCUT2D eigenvalue weighted by Crippen LogP contribution is 2.19. The number of carbonyl (C=O) groups is 3. The van der Waals surface area contributed by atoms with Crippen LogP contribution in [0, 0.1) is 0 Å². The molecule has 8 nitrogen and oxygen atoms in total. The van der Waals surface area contributed by atoms with Gasteiger partial charge in [0.05, 0.1) is 5.69 Å². The van der Waals surface area contributed by atoms with E-state index in [4.69, 9.17) is 11.5 Å². The van der Waals surface area contributed by atoms with Crippen molar-refractivity contribution in [2.75, 3.05) is 0 Å². The smallest absolute Gasteiger partial charge is 0.287 e. The number of Topliss-reactive ketones (excluding diaryl/α,β-unsaturated/α-hetero) is 1. The molecule has 0 spiro atoms. The second-order valence-corrected chi connectivity index (χ2v) is 6.51. The summed E-state index contributed by atoms with van der Waals surface area (Å²) in [7, 11) is 0. The third kappa shape index (κ3) is 4.79. The molecule has 0 fully saturated rings. The van der Waals surface area contributed by atoms with Crippen LogP contribution in [0.5, 0.6) is 0 Å². The van der Waals surface area contributed by atoms with Crippen molar-refractivity contribution in [1.29, 1.82) is 0 Å². The number of primary amides is 1. The van der Waals surface area contributed by atoms with E-state index in [1.54, 1.807) is 30.5 Å². The van der Waals surface area contributed by atoms with Gasteiger partial charge in [0.1, 0.15) is 11.8 Å². The summed E-state index contributed by atoms with van der Waals surface area (Å²) < 4.78 is 0. The Morgan fingerprint density at radius 2 is 1.77 bits per heavy atom. The second kappa shape index (κ2) is 9.33. The second-order valence-electron chi connectivity index (χ2n) is 6.51. The van der Waals surface area contributed by atoms with Crippen molar-refractivity contribution in [3.8, 4) is 0 Å². The predicted octanol–water partition coefficient (Wildman–Crippen LogP) is 1.49. The highest BCUT2D eigenvalue weighted by atomic mass is 16.2. The number of nitrogens with two attached hydrogens (primary N) is 2. The minimum atomic E-state index is -1.15. The van der Waals surface area contributed by atoms with Crippen LogP contribution >= 0.6 is 0 Å². The maximum absolute atomic E-state index is 12.8. The Balaban J connectivity index is 1.88. The van der Waals surface area contributed by atoms with Gasteiger partial charge in [0.2, 0.25) is 5.78 Å². The van der Waals surface area contributed by atoms with Crippen LogP contribution in [0.2, 0.25) is 0 Å². The minimum absolute atomic E-state index is 0.00935. The molecule has 0 saturated carbocycles. The standard InChI is InChI=1S/C22H21N5O3/c23-11-10-18(26-15-6-2-1-3-7-15)22(30)27-19(20(28)21(24)29)12-14-13-25-17-9-5-4-8-16(14)17/h1-11,13,19,25H,12,23H2,(H2,24,29)(H,27,30)/b11-10-,26-18?. The van der Waals surface area contributed by atoms with Gasteiger partial charge in [-0.05, 0) is 36.0 Å².